The molecule has 0 aromatic heterocycles. The second kappa shape index (κ2) is 8.35. The van der Waals surface area contributed by atoms with Crippen LogP contribution in [0, 0.1) is 5.92 Å². The average molecular weight is 256 g/mol. The fraction of sp³-hybridized carbons (Fsp3) is 0.929. The van der Waals surface area contributed by atoms with Crippen LogP contribution < -0.4 is 5.32 Å². The van der Waals surface area contributed by atoms with E-state index in [0.717, 1.165) is 32.2 Å². The minimum Gasteiger partial charge on any atom is -0.395 e. The number of nitrogens with one attached hydrogen (secondary N) is 1. The first-order valence-electron chi connectivity index (χ1n) is 7.35. The third-order valence-corrected chi connectivity index (χ3v) is 3.86. The van der Waals surface area contributed by atoms with E-state index in [2.05, 4.69) is 19.2 Å². The molecule has 2 amide bonds. The lowest BCUT2D eigenvalue weighted by molar-refractivity contribution is 0.171. The summed E-state index contributed by atoms with van der Waals surface area (Å²) in [4.78, 5) is 13.9. The van der Waals surface area contributed by atoms with Gasteiger partial charge in [0.1, 0.15) is 0 Å². The smallest absolute Gasteiger partial charge is 0.317 e. The number of rotatable bonds is 7. The zero-order chi connectivity index (χ0) is 13.4. The maximum atomic E-state index is 12.1. The number of nitrogens with zero attached hydrogens (tertiary/aromatic N) is 1. The molecule has 2 unspecified atom stereocenters. The third kappa shape index (κ3) is 4.84. The Labute approximate surface area is 111 Å². The first-order valence-corrected chi connectivity index (χ1v) is 7.35. The fourth-order valence-electron chi connectivity index (χ4n) is 2.60. The number of urea groups is 1. The minimum absolute atomic E-state index is 0.00102. The summed E-state index contributed by atoms with van der Waals surface area (Å²) in [6.07, 6.45) is 6.81. The van der Waals surface area contributed by atoms with Crippen molar-refractivity contribution in [1.29, 1.82) is 0 Å². The van der Waals surface area contributed by atoms with Crippen molar-refractivity contribution >= 4 is 6.03 Å². The molecule has 0 spiro atoms. The van der Waals surface area contributed by atoms with E-state index in [0.29, 0.717) is 18.5 Å². The zero-order valence-electron chi connectivity index (χ0n) is 11.8. The number of aliphatic hydroxyl groups is 1. The summed E-state index contributed by atoms with van der Waals surface area (Å²) in [5.41, 5.74) is 0. The molecule has 2 atom stereocenters. The van der Waals surface area contributed by atoms with Gasteiger partial charge in [0.25, 0.3) is 0 Å². The molecule has 0 saturated heterocycles. The minimum atomic E-state index is -0.00102. The molecule has 0 bridgehead atoms. The first-order chi connectivity index (χ1) is 8.69. The number of hydrogen-bond donors (Lipinski definition) is 2. The molecule has 4 heteroatoms. The number of aliphatic hydroxyl groups excluding tert-OH is 1. The normalized spacial score (nSPS) is 23.1. The van der Waals surface area contributed by atoms with Gasteiger partial charge in [0.15, 0.2) is 0 Å². The number of carbonyl (C=O) groups excluding carboxylic acids is 1. The molecule has 1 rings (SSSR count). The van der Waals surface area contributed by atoms with E-state index in [-0.39, 0.29) is 12.6 Å². The summed E-state index contributed by atoms with van der Waals surface area (Å²) < 4.78 is 0. The Bertz CT molecular complexity index is 246. The topological polar surface area (TPSA) is 52.6 Å². The predicted molar refractivity (Wildman–Crippen MR) is 73.5 cm³/mol. The molecule has 0 heterocycles. The first kappa shape index (κ1) is 15.3. The molecule has 0 aliphatic heterocycles. The van der Waals surface area contributed by atoms with Gasteiger partial charge in [-0.2, -0.15) is 0 Å². The van der Waals surface area contributed by atoms with Crippen LogP contribution in [0.1, 0.15) is 52.4 Å². The van der Waals surface area contributed by atoms with Gasteiger partial charge in [-0.1, -0.05) is 33.1 Å². The quantitative estimate of drug-likeness (QED) is 0.687. The van der Waals surface area contributed by atoms with Crippen LogP contribution in [0.25, 0.3) is 0 Å². The Balaban J connectivity index is 2.37. The number of unbranched alkanes of at least 4 members (excludes halogenated alkanes) is 2. The third-order valence-electron chi connectivity index (χ3n) is 3.86. The highest BCUT2D eigenvalue weighted by atomic mass is 16.3. The summed E-state index contributed by atoms with van der Waals surface area (Å²) in [6.45, 7) is 5.58. The van der Waals surface area contributed by atoms with Gasteiger partial charge in [0, 0.05) is 19.1 Å². The van der Waals surface area contributed by atoms with Gasteiger partial charge in [-0.15, -0.1) is 0 Å². The molecule has 1 aliphatic carbocycles. The molecule has 2 N–H and O–H groups in total. The molecule has 0 radical (unpaired) electrons. The van der Waals surface area contributed by atoms with Crippen LogP contribution in [0.2, 0.25) is 0 Å². The summed E-state index contributed by atoms with van der Waals surface area (Å²) in [6, 6.07) is 0.323. The van der Waals surface area contributed by atoms with Crippen molar-refractivity contribution in [2.45, 2.75) is 58.4 Å². The fourth-order valence-corrected chi connectivity index (χ4v) is 2.60. The second-order valence-electron chi connectivity index (χ2n) is 5.38. The summed E-state index contributed by atoms with van der Waals surface area (Å²) in [5, 5.41) is 12.1. The van der Waals surface area contributed by atoms with Crippen molar-refractivity contribution in [3.8, 4) is 0 Å². The van der Waals surface area contributed by atoms with E-state index in [1.165, 1.54) is 12.8 Å². The van der Waals surface area contributed by atoms with E-state index in [1.807, 2.05) is 0 Å². The Morgan fingerprint density at radius 2 is 2.11 bits per heavy atom. The molecule has 1 aliphatic rings. The Hall–Kier alpha value is -0.770. The van der Waals surface area contributed by atoms with E-state index in [9.17, 15) is 4.79 Å². The van der Waals surface area contributed by atoms with Crippen molar-refractivity contribution < 1.29 is 9.90 Å². The van der Waals surface area contributed by atoms with Crippen LogP contribution in [-0.2, 0) is 0 Å². The Kier molecular flexibility index (Phi) is 7.09. The lowest BCUT2D eigenvalue weighted by Gasteiger charge is -2.26. The van der Waals surface area contributed by atoms with Crippen LogP contribution >= 0.6 is 0 Å². The van der Waals surface area contributed by atoms with Gasteiger partial charge >= 0.3 is 6.03 Å². The molecule has 4 nitrogen and oxygen atoms in total. The van der Waals surface area contributed by atoms with Crippen molar-refractivity contribution in [3.05, 3.63) is 0 Å². The average Bonchev–Trinajstić information content (AvgIpc) is 2.74. The molecule has 1 fully saturated rings. The van der Waals surface area contributed by atoms with E-state index >= 15 is 0 Å². The highest BCUT2D eigenvalue weighted by Gasteiger charge is 2.26. The summed E-state index contributed by atoms with van der Waals surface area (Å²) in [7, 11) is 0. The molecule has 18 heavy (non-hydrogen) atoms. The molecule has 106 valence electrons. The van der Waals surface area contributed by atoms with E-state index < -0.39 is 0 Å². The van der Waals surface area contributed by atoms with E-state index in [4.69, 9.17) is 5.11 Å². The van der Waals surface area contributed by atoms with Crippen LogP contribution in [0.3, 0.4) is 0 Å². The molecular formula is C14H28N2O2. The van der Waals surface area contributed by atoms with Crippen LogP contribution in [0.4, 0.5) is 4.79 Å². The second-order valence-corrected chi connectivity index (χ2v) is 5.38. The highest BCUT2D eigenvalue weighted by Crippen LogP contribution is 2.24. The number of carbonyl (C=O) groups is 1. The monoisotopic (exact) mass is 256 g/mol. The van der Waals surface area contributed by atoms with Crippen molar-refractivity contribution in [2.24, 2.45) is 5.92 Å². The highest BCUT2D eigenvalue weighted by molar-refractivity contribution is 5.74. The van der Waals surface area contributed by atoms with Gasteiger partial charge in [-0.3, -0.25) is 0 Å². The van der Waals surface area contributed by atoms with Gasteiger partial charge < -0.3 is 15.3 Å². The number of amides is 2. The van der Waals surface area contributed by atoms with E-state index in [1.54, 1.807) is 4.90 Å². The molecular weight excluding hydrogens is 228 g/mol. The lowest BCUT2D eigenvalue weighted by Crippen LogP contribution is -2.47. The van der Waals surface area contributed by atoms with Crippen LogP contribution in [0.15, 0.2) is 0 Å². The summed E-state index contributed by atoms with van der Waals surface area (Å²) >= 11 is 0. The Morgan fingerprint density at radius 1 is 1.33 bits per heavy atom. The summed E-state index contributed by atoms with van der Waals surface area (Å²) in [5.74, 6) is 0.584. The van der Waals surface area contributed by atoms with Gasteiger partial charge in [0.2, 0.25) is 0 Å². The van der Waals surface area contributed by atoms with Crippen LogP contribution in [-0.4, -0.2) is 41.8 Å². The SMILES string of the molecule is CCCCCN(CCO)C(=O)NC1CCCC1C. The maximum absolute atomic E-state index is 12.1. The van der Waals surface area contributed by atoms with Gasteiger partial charge in [-0.25, -0.2) is 4.79 Å². The lowest BCUT2D eigenvalue weighted by atomic mass is 10.1. The molecule has 1 saturated carbocycles. The molecule has 0 aromatic rings. The zero-order valence-corrected chi connectivity index (χ0v) is 11.8. The van der Waals surface area contributed by atoms with Gasteiger partial charge in [0.05, 0.1) is 6.61 Å². The maximum Gasteiger partial charge on any atom is 0.317 e. The standard InChI is InChI=1S/C14H28N2O2/c1-3-4-5-9-16(10-11-17)14(18)15-13-8-6-7-12(13)2/h12-13,17H,3-11H2,1-2H3,(H,15,18). The van der Waals surface area contributed by atoms with Crippen molar-refractivity contribution in [1.82, 2.24) is 10.2 Å². The van der Waals surface area contributed by atoms with Crippen LogP contribution in [0.5, 0.6) is 0 Å². The predicted octanol–water partition coefficient (Wildman–Crippen LogP) is 2.37. The van der Waals surface area contributed by atoms with Crippen molar-refractivity contribution in [2.75, 3.05) is 19.7 Å². The largest absolute Gasteiger partial charge is 0.395 e. The number of hydrogen-bond acceptors (Lipinski definition) is 2. The van der Waals surface area contributed by atoms with Gasteiger partial charge in [-0.05, 0) is 25.2 Å². The van der Waals surface area contributed by atoms with Crippen molar-refractivity contribution in [3.63, 3.8) is 0 Å². The Morgan fingerprint density at radius 3 is 2.67 bits per heavy atom. The molecule has 0 aromatic carbocycles.